The molecule has 4 N–H and O–H groups in total. The van der Waals surface area contributed by atoms with Gasteiger partial charge in [-0.3, -0.25) is 14.3 Å². The Labute approximate surface area is 83.8 Å². The topological polar surface area (TPSA) is 101 Å². The molecule has 1 aromatic heterocycles. The first kappa shape index (κ1) is 10.9. The first-order valence-corrected chi connectivity index (χ1v) is 4.89. The summed E-state index contributed by atoms with van der Waals surface area (Å²) >= 11 is 1.12. The van der Waals surface area contributed by atoms with Crippen LogP contribution in [0.4, 0.5) is 5.82 Å². The third-order valence-corrected chi connectivity index (χ3v) is 2.73. The maximum atomic E-state index is 11.3. The largest absolute Gasteiger partial charge is 0.396 e. The number of thioether (sulfide) groups is 1. The highest BCUT2D eigenvalue weighted by Crippen LogP contribution is 2.17. The van der Waals surface area contributed by atoms with E-state index in [-0.39, 0.29) is 17.3 Å². The van der Waals surface area contributed by atoms with Crippen LogP contribution in [-0.2, 0) is 7.05 Å². The van der Waals surface area contributed by atoms with E-state index in [2.05, 4.69) is 4.98 Å². The number of aliphatic hydroxyl groups excluding tert-OH is 1. The average Bonchev–Trinajstić information content (AvgIpc) is 2.14. The molecule has 0 aromatic carbocycles. The van der Waals surface area contributed by atoms with Crippen LogP contribution < -0.4 is 17.0 Å². The summed E-state index contributed by atoms with van der Waals surface area (Å²) in [7, 11) is 1.47. The summed E-state index contributed by atoms with van der Waals surface area (Å²) in [6.45, 7) is -0.0492. The number of aromatic nitrogens is 2. The zero-order chi connectivity index (χ0) is 10.7. The highest BCUT2D eigenvalue weighted by molar-refractivity contribution is 7.99. The van der Waals surface area contributed by atoms with E-state index in [0.29, 0.717) is 5.75 Å². The Morgan fingerprint density at radius 3 is 2.79 bits per heavy atom. The molecule has 0 unspecified atom stereocenters. The highest BCUT2D eigenvalue weighted by Gasteiger charge is 2.09. The quantitative estimate of drug-likeness (QED) is 0.549. The van der Waals surface area contributed by atoms with Gasteiger partial charge in [0, 0.05) is 12.8 Å². The van der Waals surface area contributed by atoms with Crippen molar-refractivity contribution in [2.75, 3.05) is 18.1 Å². The lowest BCUT2D eigenvalue weighted by Gasteiger charge is -2.06. The average molecular weight is 217 g/mol. The predicted molar refractivity (Wildman–Crippen MR) is 54.5 cm³/mol. The Bertz CT molecular complexity index is 437. The minimum absolute atomic E-state index is 0.0492. The van der Waals surface area contributed by atoms with E-state index in [0.717, 1.165) is 16.3 Å². The molecule has 1 rings (SSSR count). The molecule has 1 aromatic rings. The lowest BCUT2D eigenvalue weighted by molar-refractivity contribution is 0.322. The first-order valence-electron chi connectivity index (χ1n) is 3.90. The molecule has 6 nitrogen and oxygen atoms in total. The zero-order valence-corrected chi connectivity index (χ0v) is 8.43. The van der Waals surface area contributed by atoms with Gasteiger partial charge in [0.15, 0.2) is 0 Å². The molecule has 0 saturated heterocycles. The van der Waals surface area contributed by atoms with Crippen LogP contribution in [0, 0.1) is 0 Å². The molecule has 0 aliphatic heterocycles. The van der Waals surface area contributed by atoms with Gasteiger partial charge in [0.1, 0.15) is 10.7 Å². The summed E-state index contributed by atoms with van der Waals surface area (Å²) in [6, 6.07) is 0. The van der Waals surface area contributed by atoms with E-state index in [9.17, 15) is 9.59 Å². The Balaban J connectivity index is 3.23. The van der Waals surface area contributed by atoms with Crippen LogP contribution in [0.5, 0.6) is 0 Å². The number of nitrogens with one attached hydrogen (secondary N) is 1. The summed E-state index contributed by atoms with van der Waals surface area (Å²) in [4.78, 5) is 24.7. The zero-order valence-electron chi connectivity index (χ0n) is 7.61. The molecule has 78 valence electrons. The SMILES string of the molecule is Cn1c(N)c(SCCO)c(=O)[nH]c1=O. The van der Waals surface area contributed by atoms with E-state index in [1.165, 1.54) is 7.05 Å². The maximum Gasteiger partial charge on any atom is 0.329 e. The van der Waals surface area contributed by atoms with Gasteiger partial charge in [-0.2, -0.15) is 0 Å². The van der Waals surface area contributed by atoms with Gasteiger partial charge in [0.25, 0.3) is 5.56 Å². The molecular formula is C7H11N3O3S. The van der Waals surface area contributed by atoms with E-state index in [4.69, 9.17) is 10.8 Å². The number of hydrogen-bond acceptors (Lipinski definition) is 5. The monoisotopic (exact) mass is 217 g/mol. The number of nitrogen functional groups attached to an aromatic ring is 1. The normalized spacial score (nSPS) is 10.4. The number of nitrogens with zero attached hydrogens (tertiary/aromatic N) is 1. The van der Waals surface area contributed by atoms with Crippen molar-refractivity contribution in [1.82, 2.24) is 9.55 Å². The molecule has 0 spiro atoms. The maximum absolute atomic E-state index is 11.3. The van der Waals surface area contributed by atoms with Gasteiger partial charge in [-0.15, -0.1) is 11.8 Å². The van der Waals surface area contributed by atoms with Crippen molar-refractivity contribution >= 4 is 17.6 Å². The predicted octanol–water partition coefficient (Wildman–Crippen LogP) is -1.26. The van der Waals surface area contributed by atoms with Crippen LogP contribution in [0.15, 0.2) is 14.5 Å². The summed E-state index contributed by atoms with van der Waals surface area (Å²) < 4.78 is 1.15. The number of aliphatic hydroxyl groups is 1. The van der Waals surface area contributed by atoms with Crippen LogP contribution in [-0.4, -0.2) is 27.0 Å². The van der Waals surface area contributed by atoms with Crippen molar-refractivity contribution < 1.29 is 5.11 Å². The van der Waals surface area contributed by atoms with E-state index in [1.807, 2.05) is 0 Å². The number of hydrogen-bond donors (Lipinski definition) is 3. The van der Waals surface area contributed by atoms with Gasteiger partial charge >= 0.3 is 5.69 Å². The standard InChI is InChI=1S/C7H11N3O3S/c1-10-5(8)4(14-3-2-11)6(12)9-7(10)13/h11H,2-3,8H2,1H3,(H,9,12,13). The second-order valence-electron chi connectivity index (χ2n) is 2.60. The van der Waals surface area contributed by atoms with Crippen molar-refractivity contribution in [3.63, 3.8) is 0 Å². The molecule has 0 amide bonds. The van der Waals surface area contributed by atoms with Gasteiger partial charge < -0.3 is 10.8 Å². The molecule has 0 bridgehead atoms. The lowest BCUT2D eigenvalue weighted by Crippen LogP contribution is -2.31. The summed E-state index contributed by atoms with van der Waals surface area (Å²) in [5.41, 5.74) is 4.51. The molecular weight excluding hydrogens is 206 g/mol. The molecule has 1 heterocycles. The lowest BCUT2D eigenvalue weighted by atomic mass is 10.5. The Hall–Kier alpha value is -1.21. The number of aromatic amines is 1. The van der Waals surface area contributed by atoms with E-state index >= 15 is 0 Å². The van der Waals surface area contributed by atoms with E-state index in [1.54, 1.807) is 0 Å². The van der Waals surface area contributed by atoms with Crippen molar-refractivity contribution in [3.05, 3.63) is 20.8 Å². The number of anilines is 1. The van der Waals surface area contributed by atoms with Crippen molar-refractivity contribution in [3.8, 4) is 0 Å². The second-order valence-corrected chi connectivity index (χ2v) is 3.71. The van der Waals surface area contributed by atoms with Crippen LogP contribution in [0.1, 0.15) is 0 Å². The number of nitrogens with two attached hydrogens (primary N) is 1. The molecule has 0 radical (unpaired) electrons. The van der Waals surface area contributed by atoms with Crippen molar-refractivity contribution in [2.45, 2.75) is 4.90 Å². The number of rotatable bonds is 3. The summed E-state index contributed by atoms with van der Waals surface area (Å²) in [5, 5.41) is 8.59. The molecule has 7 heteroatoms. The first-order chi connectivity index (χ1) is 6.57. The minimum atomic E-state index is -0.541. The number of H-pyrrole nitrogens is 1. The molecule has 0 fully saturated rings. The van der Waals surface area contributed by atoms with Gasteiger partial charge in [-0.05, 0) is 0 Å². The van der Waals surface area contributed by atoms with Crippen LogP contribution >= 0.6 is 11.8 Å². The molecule has 0 atom stereocenters. The van der Waals surface area contributed by atoms with Crippen LogP contribution in [0.3, 0.4) is 0 Å². The molecule has 0 saturated carbocycles. The molecule has 0 aliphatic rings. The van der Waals surface area contributed by atoms with Crippen molar-refractivity contribution in [2.24, 2.45) is 7.05 Å². The Kier molecular flexibility index (Phi) is 3.37. The second kappa shape index (κ2) is 4.34. The summed E-state index contributed by atoms with van der Waals surface area (Å²) in [6.07, 6.45) is 0. The third-order valence-electron chi connectivity index (χ3n) is 1.66. The van der Waals surface area contributed by atoms with Gasteiger partial charge in [-0.1, -0.05) is 0 Å². The molecule has 14 heavy (non-hydrogen) atoms. The minimum Gasteiger partial charge on any atom is -0.396 e. The smallest absolute Gasteiger partial charge is 0.329 e. The Morgan fingerprint density at radius 1 is 1.57 bits per heavy atom. The van der Waals surface area contributed by atoms with Gasteiger partial charge in [0.05, 0.1) is 6.61 Å². The van der Waals surface area contributed by atoms with Gasteiger partial charge in [-0.25, -0.2) is 4.79 Å². The van der Waals surface area contributed by atoms with Gasteiger partial charge in [0.2, 0.25) is 0 Å². The van der Waals surface area contributed by atoms with Crippen molar-refractivity contribution in [1.29, 1.82) is 0 Å². The fourth-order valence-corrected chi connectivity index (χ4v) is 1.67. The fourth-order valence-electron chi connectivity index (χ4n) is 0.903. The van der Waals surface area contributed by atoms with Crippen LogP contribution in [0.2, 0.25) is 0 Å². The summed E-state index contributed by atoms with van der Waals surface area (Å²) in [5.74, 6) is 0.489. The fraction of sp³-hybridized carbons (Fsp3) is 0.429. The highest BCUT2D eigenvalue weighted by atomic mass is 32.2. The molecule has 0 aliphatic carbocycles. The Morgan fingerprint density at radius 2 is 2.21 bits per heavy atom. The van der Waals surface area contributed by atoms with Crippen LogP contribution in [0.25, 0.3) is 0 Å². The van der Waals surface area contributed by atoms with E-state index < -0.39 is 11.2 Å². The third kappa shape index (κ3) is 1.99.